The molecule has 224 valence electrons. The van der Waals surface area contributed by atoms with E-state index in [1.165, 1.54) is 26.2 Å². The minimum absolute atomic E-state index is 0.0433. The van der Waals surface area contributed by atoms with Crippen LogP contribution in [0.1, 0.15) is 42.4 Å². The van der Waals surface area contributed by atoms with Crippen molar-refractivity contribution in [2.45, 2.75) is 45.1 Å². The van der Waals surface area contributed by atoms with Crippen molar-refractivity contribution in [3.63, 3.8) is 0 Å². The molecule has 0 spiro atoms. The predicted molar refractivity (Wildman–Crippen MR) is 144 cm³/mol. The lowest BCUT2D eigenvalue weighted by molar-refractivity contribution is -0.171. The highest BCUT2D eigenvalue weighted by molar-refractivity contribution is 6.12. The van der Waals surface area contributed by atoms with E-state index in [4.69, 9.17) is 4.74 Å². The number of halogens is 3. The number of likely N-dealkylation sites (N-methyl/N-ethyl adjacent to an activating group) is 1. The van der Waals surface area contributed by atoms with Crippen molar-refractivity contribution >= 4 is 35.1 Å². The Bertz CT molecular complexity index is 1340. The lowest BCUT2D eigenvalue weighted by Crippen LogP contribution is -2.49. The van der Waals surface area contributed by atoms with Crippen molar-refractivity contribution < 1.29 is 37.4 Å². The third kappa shape index (κ3) is 6.01. The number of alkyl halides is 3. The lowest BCUT2D eigenvalue weighted by Gasteiger charge is -2.36. The predicted octanol–water partition coefficient (Wildman–Crippen LogP) is 2.68. The molecule has 0 radical (unpaired) electrons. The zero-order valence-electron chi connectivity index (χ0n) is 23.5. The number of aromatic nitrogens is 2. The molecule has 1 aromatic heterocycles. The molecule has 1 saturated heterocycles. The average Bonchev–Trinajstić information content (AvgIpc) is 3.42. The number of rotatable bonds is 7. The van der Waals surface area contributed by atoms with Gasteiger partial charge in [0.25, 0.3) is 5.91 Å². The number of benzene rings is 1. The topological polar surface area (TPSA) is 132 Å². The Hall–Kier alpha value is -3.69. The molecule has 0 bridgehead atoms. The molecular formula is C26H34F3N7O5. The number of carbonyl (C=O) groups excluding carboxylic acids is 2. The lowest BCUT2D eigenvalue weighted by atomic mass is 10.0. The van der Waals surface area contributed by atoms with Crippen molar-refractivity contribution in [2.24, 2.45) is 0 Å². The van der Waals surface area contributed by atoms with Crippen LogP contribution >= 0.6 is 0 Å². The van der Waals surface area contributed by atoms with Crippen LogP contribution in [0, 0.1) is 0 Å². The molecule has 12 nitrogen and oxygen atoms in total. The maximum absolute atomic E-state index is 13.8. The van der Waals surface area contributed by atoms with Gasteiger partial charge in [-0.15, -0.1) is 5.10 Å². The number of nitrogens with zero attached hydrogens (tertiary/aromatic N) is 5. The summed E-state index contributed by atoms with van der Waals surface area (Å²) in [6, 6.07) is 3.31. The number of amides is 2. The van der Waals surface area contributed by atoms with Crippen molar-refractivity contribution in [3.05, 3.63) is 35.0 Å². The summed E-state index contributed by atoms with van der Waals surface area (Å²) in [4.78, 5) is 42.9. The number of hydrogen-bond acceptors (Lipinski definition) is 8. The molecule has 15 heteroatoms. The Balaban J connectivity index is 1.80. The molecule has 4 rings (SSSR count). The van der Waals surface area contributed by atoms with E-state index >= 15 is 0 Å². The van der Waals surface area contributed by atoms with Gasteiger partial charge in [0.2, 0.25) is 0 Å². The third-order valence-electron chi connectivity index (χ3n) is 7.36. The van der Waals surface area contributed by atoms with Crippen LogP contribution in [0.4, 0.5) is 35.2 Å². The molecule has 3 heterocycles. The zero-order valence-corrected chi connectivity index (χ0v) is 23.5. The summed E-state index contributed by atoms with van der Waals surface area (Å²) in [6.07, 6.45) is -6.58. The molecule has 1 fully saturated rings. The molecule has 1 aromatic carbocycles. The van der Waals surface area contributed by atoms with Crippen LogP contribution in [0.5, 0.6) is 0 Å². The number of carbonyl (C=O) groups is 3. The van der Waals surface area contributed by atoms with Gasteiger partial charge >= 0.3 is 18.2 Å². The Morgan fingerprint density at radius 1 is 1.22 bits per heavy atom. The maximum atomic E-state index is 13.8. The van der Waals surface area contributed by atoms with Gasteiger partial charge in [-0.2, -0.15) is 17.9 Å². The van der Waals surface area contributed by atoms with Crippen molar-refractivity contribution in [2.75, 3.05) is 62.1 Å². The quantitative estimate of drug-likeness (QED) is 0.452. The minimum Gasteiger partial charge on any atom is -0.463 e. The monoisotopic (exact) mass is 581 g/mol. The smallest absolute Gasteiger partial charge is 0.463 e. The second-order valence-corrected chi connectivity index (χ2v) is 10.8. The van der Waals surface area contributed by atoms with E-state index in [0.29, 0.717) is 34.9 Å². The third-order valence-corrected chi connectivity index (χ3v) is 7.36. The number of carboxylic acid groups (broad SMARTS) is 1. The standard InChI is InChI=1S/C26H34F3N7O5/c1-15(14-41-5)35(23(38)26(27,28)29)19-12-16(34-10-8-33(4)9-11-34)6-7-17(19)22(37)31-21-18-13-30-25(2,3)20(18)36(32-21)24(39)40/h6-7,12,15,30H,8-11,13-14H2,1-5H3,(H,39,40)(H,31,32,37)/t15-/m0/s1. The van der Waals surface area contributed by atoms with Crippen molar-refractivity contribution in [1.29, 1.82) is 0 Å². The van der Waals surface area contributed by atoms with Gasteiger partial charge in [0.1, 0.15) is 0 Å². The Morgan fingerprint density at radius 3 is 2.46 bits per heavy atom. The molecule has 2 aromatic rings. The van der Waals surface area contributed by atoms with Gasteiger partial charge in [-0.1, -0.05) is 0 Å². The van der Waals surface area contributed by atoms with Crippen LogP contribution in [0.15, 0.2) is 18.2 Å². The average molecular weight is 582 g/mol. The van der Waals surface area contributed by atoms with E-state index in [9.17, 15) is 32.7 Å². The molecule has 2 amide bonds. The second-order valence-electron chi connectivity index (χ2n) is 10.8. The molecular weight excluding hydrogens is 547 g/mol. The van der Waals surface area contributed by atoms with Crippen LogP contribution in [0.3, 0.4) is 0 Å². The Labute approximate surface area is 235 Å². The molecule has 41 heavy (non-hydrogen) atoms. The van der Waals surface area contributed by atoms with E-state index < -0.39 is 35.7 Å². The first-order chi connectivity index (χ1) is 19.2. The number of hydrogen-bond donors (Lipinski definition) is 3. The molecule has 2 aliphatic rings. The van der Waals surface area contributed by atoms with Gasteiger partial charge in [-0.25, -0.2) is 4.79 Å². The van der Waals surface area contributed by atoms with E-state index in [-0.39, 0.29) is 30.2 Å². The SMILES string of the molecule is COC[C@H](C)N(C(=O)C(F)(F)F)c1cc(N2CCN(C)CC2)ccc1C(=O)Nc1nn(C(=O)O)c2c1CNC2(C)C. The summed E-state index contributed by atoms with van der Waals surface area (Å²) < 4.78 is 47.4. The highest BCUT2D eigenvalue weighted by Gasteiger charge is 2.46. The summed E-state index contributed by atoms with van der Waals surface area (Å²) in [5.74, 6) is -3.04. The summed E-state index contributed by atoms with van der Waals surface area (Å²) in [5.41, 5.74) is 0.109. The van der Waals surface area contributed by atoms with Gasteiger partial charge in [-0.05, 0) is 46.0 Å². The van der Waals surface area contributed by atoms with E-state index in [1.807, 2.05) is 11.9 Å². The summed E-state index contributed by atoms with van der Waals surface area (Å²) >= 11 is 0. The fraction of sp³-hybridized carbons (Fsp3) is 0.538. The second kappa shape index (κ2) is 11.3. The van der Waals surface area contributed by atoms with Crippen LogP contribution in [0.25, 0.3) is 0 Å². The van der Waals surface area contributed by atoms with Gasteiger partial charge in [0.05, 0.1) is 35.1 Å². The van der Waals surface area contributed by atoms with Gasteiger partial charge in [0.15, 0.2) is 5.82 Å². The minimum atomic E-state index is -5.22. The number of fused-ring (bicyclic) bond motifs is 1. The first-order valence-electron chi connectivity index (χ1n) is 13.0. The number of piperazine rings is 1. The fourth-order valence-electron chi connectivity index (χ4n) is 5.24. The first kappa shape index (κ1) is 30.3. The zero-order chi connectivity index (χ0) is 30.3. The normalized spacial score (nSPS) is 17.7. The molecule has 0 aliphatic carbocycles. The molecule has 0 saturated carbocycles. The molecule has 2 aliphatic heterocycles. The first-order valence-corrected chi connectivity index (χ1v) is 13.0. The largest absolute Gasteiger partial charge is 0.471 e. The molecule has 3 N–H and O–H groups in total. The summed E-state index contributed by atoms with van der Waals surface area (Å²) in [5, 5.41) is 19.5. The summed E-state index contributed by atoms with van der Waals surface area (Å²) in [6.45, 7) is 7.56. The van der Waals surface area contributed by atoms with Crippen LogP contribution in [-0.2, 0) is 21.6 Å². The van der Waals surface area contributed by atoms with Crippen LogP contribution in [-0.4, -0.2) is 96.9 Å². The summed E-state index contributed by atoms with van der Waals surface area (Å²) in [7, 11) is 3.27. The number of methoxy groups -OCH3 is 1. The van der Waals surface area contributed by atoms with E-state index in [2.05, 4.69) is 20.6 Å². The Kier molecular flexibility index (Phi) is 8.34. The van der Waals surface area contributed by atoms with Crippen molar-refractivity contribution in [3.8, 4) is 0 Å². The van der Waals surface area contributed by atoms with Gasteiger partial charge in [0, 0.05) is 51.1 Å². The molecule has 1 atom stereocenters. The van der Waals surface area contributed by atoms with Crippen LogP contribution in [0.2, 0.25) is 0 Å². The highest BCUT2D eigenvalue weighted by Crippen LogP contribution is 2.37. The Morgan fingerprint density at radius 2 is 1.88 bits per heavy atom. The van der Waals surface area contributed by atoms with Gasteiger partial charge < -0.3 is 30.3 Å². The van der Waals surface area contributed by atoms with Crippen molar-refractivity contribution in [1.82, 2.24) is 20.0 Å². The number of nitrogens with one attached hydrogen (secondary N) is 2. The van der Waals surface area contributed by atoms with E-state index in [0.717, 1.165) is 17.8 Å². The maximum Gasteiger partial charge on any atom is 0.471 e. The van der Waals surface area contributed by atoms with E-state index in [1.54, 1.807) is 19.9 Å². The molecule has 0 unspecified atom stereocenters. The van der Waals surface area contributed by atoms with Gasteiger partial charge in [-0.3, -0.25) is 14.5 Å². The van der Waals surface area contributed by atoms with Crippen LogP contribution < -0.4 is 20.4 Å². The number of ether oxygens (including phenoxy) is 1. The fourth-order valence-corrected chi connectivity index (χ4v) is 5.24. The number of anilines is 3. The highest BCUT2D eigenvalue weighted by atomic mass is 19.4.